The molecule has 9 nitrogen and oxygen atoms in total. The molecule has 0 saturated heterocycles. The third kappa shape index (κ3) is 5.45. The monoisotopic (exact) mass is 384 g/mol. The van der Waals surface area contributed by atoms with E-state index in [1.807, 2.05) is 6.92 Å². The zero-order chi connectivity index (χ0) is 20.4. The molecule has 0 aliphatic carbocycles. The summed E-state index contributed by atoms with van der Waals surface area (Å²) in [5, 5.41) is 6.27. The lowest BCUT2D eigenvalue weighted by Gasteiger charge is -2.28. The van der Waals surface area contributed by atoms with Crippen LogP contribution in [-0.4, -0.2) is 49.4 Å². The third-order valence-corrected chi connectivity index (χ3v) is 4.03. The maximum Gasteiger partial charge on any atom is 0.343 e. The van der Waals surface area contributed by atoms with Gasteiger partial charge >= 0.3 is 11.9 Å². The van der Waals surface area contributed by atoms with E-state index >= 15 is 0 Å². The van der Waals surface area contributed by atoms with Crippen LogP contribution in [0.3, 0.4) is 0 Å². The number of nitrogens with zero attached hydrogens (tertiary/aromatic N) is 1. The average molecular weight is 384 g/mol. The largest absolute Gasteiger partial charge is 0.476 e. The molecular formula is C18H28N2O7. The molecule has 0 aliphatic heterocycles. The summed E-state index contributed by atoms with van der Waals surface area (Å²) < 4.78 is 20.4. The lowest BCUT2D eigenvalue weighted by Crippen LogP contribution is -2.62. The minimum absolute atomic E-state index is 0.263. The van der Waals surface area contributed by atoms with E-state index < -0.39 is 23.4 Å². The Bertz CT molecular complexity index is 638. The highest BCUT2D eigenvalue weighted by atomic mass is 16.6. The highest BCUT2D eigenvalue weighted by molar-refractivity contribution is 6.07. The summed E-state index contributed by atoms with van der Waals surface area (Å²) in [6.07, 6.45) is 3.16. The van der Waals surface area contributed by atoms with E-state index in [2.05, 4.69) is 17.4 Å². The maximum atomic E-state index is 12.4. The molecule has 152 valence electrons. The van der Waals surface area contributed by atoms with Gasteiger partial charge in [-0.3, -0.25) is 4.79 Å². The number of amides is 1. The number of carbonyl (C=O) groups is 3. The van der Waals surface area contributed by atoms with Gasteiger partial charge in [-0.25, -0.2) is 9.59 Å². The number of methoxy groups -OCH3 is 2. The van der Waals surface area contributed by atoms with Gasteiger partial charge in [-0.1, -0.05) is 19.8 Å². The molecule has 0 fully saturated rings. The molecule has 0 radical (unpaired) electrons. The standard InChI is InChI=1S/C18H28N2O7/c1-6-8-9-10-13-14(27-20-15(13)26-7-2)11-18(16(22)24-4,17(23)25-5)19-12(3)21/h6-11H2,1-5H3,(H,19,21). The second-order valence-corrected chi connectivity index (χ2v) is 6.03. The average Bonchev–Trinajstić information content (AvgIpc) is 3.01. The number of carbonyl (C=O) groups excluding carboxylic acids is 3. The van der Waals surface area contributed by atoms with Crippen LogP contribution in [0.5, 0.6) is 5.88 Å². The number of rotatable bonds is 11. The summed E-state index contributed by atoms with van der Waals surface area (Å²) in [7, 11) is 2.24. The summed E-state index contributed by atoms with van der Waals surface area (Å²) in [6.45, 7) is 5.47. The van der Waals surface area contributed by atoms with Crippen molar-refractivity contribution in [3.63, 3.8) is 0 Å². The number of hydrogen-bond donors (Lipinski definition) is 1. The molecule has 0 saturated carbocycles. The molecule has 0 unspecified atom stereocenters. The lowest BCUT2D eigenvalue weighted by molar-refractivity contribution is -0.165. The Morgan fingerprint density at radius 3 is 2.22 bits per heavy atom. The van der Waals surface area contributed by atoms with Crippen molar-refractivity contribution in [2.75, 3.05) is 20.8 Å². The Morgan fingerprint density at radius 2 is 1.74 bits per heavy atom. The van der Waals surface area contributed by atoms with Crippen LogP contribution in [0.15, 0.2) is 4.52 Å². The van der Waals surface area contributed by atoms with E-state index in [0.29, 0.717) is 24.5 Å². The van der Waals surface area contributed by atoms with Gasteiger partial charge in [0.05, 0.1) is 32.8 Å². The summed E-state index contributed by atoms with van der Waals surface area (Å²) in [5.41, 5.74) is -1.41. The SMILES string of the molecule is CCCCCc1c(OCC)noc1CC(NC(C)=O)(C(=O)OC)C(=O)OC. The number of nitrogens with one attached hydrogen (secondary N) is 1. The van der Waals surface area contributed by atoms with E-state index in [1.165, 1.54) is 6.92 Å². The van der Waals surface area contributed by atoms with Gasteiger partial charge in [0.1, 0.15) is 5.76 Å². The Labute approximate surface area is 158 Å². The van der Waals surface area contributed by atoms with Gasteiger partial charge in [0, 0.05) is 6.92 Å². The molecule has 0 aromatic carbocycles. The number of ether oxygens (including phenoxy) is 3. The fourth-order valence-electron chi connectivity index (χ4n) is 2.78. The fraction of sp³-hybridized carbons (Fsp3) is 0.667. The highest BCUT2D eigenvalue weighted by Crippen LogP contribution is 2.28. The molecule has 1 aromatic heterocycles. The van der Waals surface area contributed by atoms with Crippen LogP contribution >= 0.6 is 0 Å². The first kappa shape index (κ1) is 22.5. The number of aromatic nitrogens is 1. The molecule has 1 aromatic rings. The zero-order valence-corrected chi connectivity index (χ0v) is 16.5. The molecule has 0 atom stereocenters. The topological polar surface area (TPSA) is 117 Å². The molecule has 0 bridgehead atoms. The Morgan fingerprint density at radius 1 is 1.11 bits per heavy atom. The van der Waals surface area contributed by atoms with Gasteiger partial charge in [0.15, 0.2) is 0 Å². The first-order chi connectivity index (χ1) is 12.9. The summed E-state index contributed by atoms with van der Waals surface area (Å²) in [6, 6.07) is 0. The van der Waals surface area contributed by atoms with Crippen molar-refractivity contribution in [1.82, 2.24) is 10.5 Å². The molecule has 1 amide bonds. The van der Waals surface area contributed by atoms with Crippen molar-refractivity contribution >= 4 is 17.8 Å². The van der Waals surface area contributed by atoms with Crippen molar-refractivity contribution < 1.29 is 33.1 Å². The van der Waals surface area contributed by atoms with Gasteiger partial charge in [0.25, 0.3) is 5.88 Å². The van der Waals surface area contributed by atoms with Crippen LogP contribution in [0.25, 0.3) is 0 Å². The Balaban J connectivity index is 3.35. The van der Waals surface area contributed by atoms with E-state index in [4.69, 9.17) is 18.7 Å². The summed E-state index contributed by atoms with van der Waals surface area (Å²) >= 11 is 0. The second-order valence-electron chi connectivity index (χ2n) is 6.03. The van der Waals surface area contributed by atoms with Crippen molar-refractivity contribution in [2.24, 2.45) is 0 Å². The predicted octanol–water partition coefficient (Wildman–Crippen LogP) is 1.57. The molecule has 1 N–H and O–H groups in total. The Hall–Kier alpha value is -2.58. The van der Waals surface area contributed by atoms with Crippen LogP contribution in [0.4, 0.5) is 0 Å². The number of unbranched alkanes of at least 4 members (excludes halogenated alkanes) is 2. The minimum atomic E-state index is -2.07. The van der Waals surface area contributed by atoms with Crippen molar-refractivity contribution in [2.45, 2.75) is 58.4 Å². The minimum Gasteiger partial charge on any atom is -0.476 e. The molecule has 27 heavy (non-hydrogen) atoms. The van der Waals surface area contributed by atoms with Gasteiger partial charge in [0.2, 0.25) is 11.4 Å². The number of esters is 2. The van der Waals surface area contributed by atoms with Crippen LogP contribution in [0.2, 0.25) is 0 Å². The first-order valence-electron chi connectivity index (χ1n) is 8.92. The van der Waals surface area contributed by atoms with E-state index in [1.54, 1.807) is 0 Å². The quantitative estimate of drug-likeness (QED) is 0.347. The van der Waals surface area contributed by atoms with Crippen molar-refractivity contribution in [3.8, 4) is 5.88 Å². The normalized spacial score (nSPS) is 11.0. The Kier molecular flexibility index (Phi) is 8.77. The second kappa shape index (κ2) is 10.5. The number of hydrogen-bond acceptors (Lipinski definition) is 8. The van der Waals surface area contributed by atoms with Gasteiger partial charge in [-0.2, -0.15) is 0 Å². The lowest BCUT2D eigenvalue weighted by atomic mass is 9.91. The smallest absolute Gasteiger partial charge is 0.343 e. The van der Waals surface area contributed by atoms with Gasteiger partial charge < -0.3 is 24.1 Å². The molecule has 9 heteroatoms. The first-order valence-corrected chi connectivity index (χ1v) is 8.92. The van der Waals surface area contributed by atoms with Gasteiger partial charge in [-0.15, -0.1) is 0 Å². The van der Waals surface area contributed by atoms with Crippen LogP contribution < -0.4 is 10.1 Å². The highest BCUT2D eigenvalue weighted by Gasteiger charge is 2.51. The maximum absolute atomic E-state index is 12.4. The summed E-state index contributed by atoms with van der Waals surface area (Å²) in [4.78, 5) is 36.6. The van der Waals surface area contributed by atoms with Crippen LogP contribution in [0, 0.1) is 0 Å². The van der Waals surface area contributed by atoms with Gasteiger partial charge in [-0.05, 0) is 24.9 Å². The molecule has 0 aliphatic rings. The molecule has 1 heterocycles. The molecule has 0 spiro atoms. The third-order valence-electron chi connectivity index (χ3n) is 4.03. The van der Waals surface area contributed by atoms with Crippen LogP contribution in [0.1, 0.15) is 51.4 Å². The van der Waals surface area contributed by atoms with E-state index in [9.17, 15) is 14.4 Å². The zero-order valence-electron chi connectivity index (χ0n) is 16.5. The van der Waals surface area contributed by atoms with E-state index in [0.717, 1.165) is 33.5 Å². The summed E-state index contributed by atoms with van der Waals surface area (Å²) in [5.74, 6) is -1.94. The fourth-order valence-corrected chi connectivity index (χ4v) is 2.78. The predicted molar refractivity (Wildman–Crippen MR) is 95.2 cm³/mol. The van der Waals surface area contributed by atoms with Crippen molar-refractivity contribution in [3.05, 3.63) is 11.3 Å². The van der Waals surface area contributed by atoms with Crippen molar-refractivity contribution in [1.29, 1.82) is 0 Å². The molecule has 1 rings (SSSR count). The van der Waals surface area contributed by atoms with Crippen LogP contribution in [-0.2, 0) is 36.7 Å². The van der Waals surface area contributed by atoms with E-state index in [-0.39, 0.29) is 12.2 Å². The molecular weight excluding hydrogens is 356 g/mol.